The topological polar surface area (TPSA) is 55.3 Å². The quantitative estimate of drug-likeness (QED) is 0.784. The maximum atomic E-state index is 11.7. The number of pyridine rings is 1. The number of ether oxygens (including phenoxy) is 1. The van der Waals surface area contributed by atoms with Crippen LogP contribution in [-0.4, -0.2) is 22.5 Å². The molecular formula is C18H19N3O2S. The third-order valence-corrected chi connectivity index (χ3v) is 6.57. The molecule has 1 aliphatic carbocycles. The summed E-state index contributed by atoms with van der Waals surface area (Å²) in [5.41, 5.74) is 3.72. The Labute approximate surface area is 144 Å². The Morgan fingerprint density at radius 1 is 1.29 bits per heavy atom. The van der Waals surface area contributed by atoms with Crippen LogP contribution in [0.4, 0.5) is 5.82 Å². The summed E-state index contributed by atoms with van der Waals surface area (Å²) in [6, 6.07) is 1.93. The fourth-order valence-corrected chi connectivity index (χ4v) is 4.98. The average Bonchev–Trinajstić information content (AvgIpc) is 3.08. The van der Waals surface area contributed by atoms with Crippen LogP contribution >= 0.6 is 11.3 Å². The van der Waals surface area contributed by atoms with Gasteiger partial charge in [-0.2, -0.15) is 0 Å². The van der Waals surface area contributed by atoms with Gasteiger partial charge in [0.25, 0.3) is 0 Å². The van der Waals surface area contributed by atoms with Gasteiger partial charge in [-0.25, -0.2) is 14.8 Å². The number of carbonyl (C=O) groups is 1. The molecule has 5 nitrogen and oxygen atoms in total. The highest BCUT2D eigenvalue weighted by molar-refractivity contribution is 7.11. The van der Waals surface area contributed by atoms with Crippen LogP contribution in [0.15, 0.2) is 6.07 Å². The predicted molar refractivity (Wildman–Crippen MR) is 91.6 cm³/mol. The number of nitrogens with zero attached hydrogens (tertiary/aromatic N) is 3. The number of hydrogen-bond donors (Lipinski definition) is 0. The summed E-state index contributed by atoms with van der Waals surface area (Å²) in [6.07, 6.45) is 4.93. The van der Waals surface area contributed by atoms with Gasteiger partial charge in [0.2, 0.25) is 0 Å². The number of aromatic nitrogens is 2. The number of thiazole rings is 1. The highest BCUT2D eigenvalue weighted by Gasteiger charge is 2.30. The van der Waals surface area contributed by atoms with E-state index in [9.17, 15) is 4.79 Å². The van der Waals surface area contributed by atoms with Crippen molar-refractivity contribution in [2.75, 3.05) is 11.4 Å². The summed E-state index contributed by atoms with van der Waals surface area (Å²) in [6.45, 7) is 4.13. The average molecular weight is 341 g/mol. The molecular weight excluding hydrogens is 322 g/mol. The van der Waals surface area contributed by atoms with E-state index in [4.69, 9.17) is 14.7 Å². The number of hydrogen-bond acceptors (Lipinski definition) is 6. The van der Waals surface area contributed by atoms with E-state index in [0.717, 1.165) is 36.6 Å². The molecule has 6 heteroatoms. The molecule has 1 fully saturated rings. The molecule has 2 aromatic rings. The molecule has 124 valence electrons. The number of fused-ring (bicyclic) bond motifs is 2. The van der Waals surface area contributed by atoms with Gasteiger partial charge in [-0.15, -0.1) is 11.3 Å². The predicted octanol–water partition coefficient (Wildman–Crippen LogP) is 3.35. The summed E-state index contributed by atoms with van der Waals surface area (Å²) < 4.78 is 5.10. The molecule has 0 spiro atoms. The maximum Gasteiger partial charge on any atom is 0.340 e. The first-order valence-corrected chi connectivity index (χ1v) is 9.42. The van der Waals surface area contributed by atoms with Crippen molar-refractivity contribution in [1.29, 1.82) is 0 Å². The van der Waals surface area contributed by atoms with Crippen molar-refractivity contribution in [3.05, 3.63) is 38.5 Å². The zero-order valence-corrected chi connectivity index (χ0v) is 14.5. The standard InChI is InChI=1S/C18H19N3O2S/c1-10-7-12-14(9-23-18(12)22)19-16(10)21-6-5-13-15(8-21)24-17(20-13)11-3-2-4-11/h7,11H,2-6,8-9H2,1H3. The number of cyclic esters (lactones) is 1. The third-order valence-electron chi connectivity index (χ3n) is 5.33. The van der Waals surface area contributed by atoms with Gasteiger partial charge < -0.3 is 9.64 Å². The summed E-state index contributed by atoms with van der Waals surface area (Å²) in [4.78, 5) is 25.0. The molecule has 0 radical (unpaired) electrons. The molecule has 1 saturated carbocycles. The van der Waals surface area contributed by atoms with Crippen LogP contribution in [0.25, 0.3) is 0 Å². The largest absolute Gasteiger partial charge is 0.455 e. The molecule has 0 bridgehead atoms. The van der Waals surface area contributed by atoms with Crippen LogP contribution in [0, 0.1) is 6.92 Å². The summed E-state index contributed by atoms with van der Waals surface area (Å²) >= 11 is 1.89. The van der Waals surface area contributed by atoms with Crippen LogP contribution in [0.1, 0.15) is 62.4 Å². The molecule has 24 heavy (non-hydrogen) atoms. The van der Waals surface area contributed by atoms with Gasteiger partial charge in [0.05, 0.1) is 28.5 Å². The van der Waals surface area contributed by atoms with E-state index < -0.39 is 0 Å². The SMILES string of the molecule is Cc1cc2c(nc1N1CCc3nc(C4CCC4)sc3C1)COC2=O. The first kappa shape index (κ1) is 14.4. The molecule has 4 heterocycles. The molecule has 0 N–H and O–H groups in total. The first-order chi connectivity index (χ1) is 11.7. The summed E-state index contributed by atoms with van der Waals surface area (Å²) in [7, 11) is 0. The van der Waals surface area contributed by atoms with Crippen LogP contribution in [0.3, 0.4) is 0 Å². The van der Waals surface area contributed by atoms with Crippen LogP contribution in [-0.2, 0) is 24.3 Å². The number of esters is 1. The monoisotopic (exact) mass is 341 g/mol. The molecule has 0 unspecified atom stereocenters. The normalized spacial score (nSPS) is 19.7. The van der Waals surface area contributed by atoms with E-state index >= 15 is 0 Å². The van der Waals surface area contributed by atoms with Crippen molar-refractivity contribution in [1.82, 2.24) is 9.97 Å². The highest BCUT2D eigenvalue weighted by Crippen LogP contribution is 2.40. The summed E-state index contributed by atoms with van der Waals surface area (Å²) in [5, 5.41) is 1.34. The zero-order valence-electron chi connectivity index (χ0n) is 13.7. The molecule has 0 amide bonds. The Morgan fingerprint density at radius 3 is 2.96 bits per heavy atom. The van der Waals surface area contributed by atoms with E-state index in [0.29, 0.717) is 18.1 Å². The summed E-state index contributed by atoms with van der Waals surface area (Å²) in [5.74, 6) is 1.44. The van der Waals surface area contributed by atoms with Gasteiger partial charge in [0.15, 0.2) is 0 Å². The highest BCUT2D eigenvalue weighted by atomic mass is 32.1. The van der Waals surface area contributed by atoms with Gasteiger partial charge in [-0.05, 0) is 31.4 Å². The number of carbonyl (C=O) groups excluding carboxylic acids is 1. The Hall–Kier alpha value is -1.95. The second kappa shape index (κ2) is 5.28. The fourth-order valence-electron chi connectivity index (χ4n) is 3.69. The molecule has 2 aliphatic heterocycles. The van der Waals surface area contributed by atoms with Crippen molar-refractivity contribution in [3.8, 4) is 0 Å². The lowest BCUT2D eigenvalue weighted by Crippen LogP contribution is -2.31. The third kappa shape index (κ3) is 2.16. The van der Waals surface area contributed by atoms with E-state index in [1.54, 1.807) is 0 Å². The van der Waals surface area contributed by atoms with Crippen molar-refractivity contribution in [2.24, 2.45) is 0 Å². The molecule has 0 aromatic carbocycles. The maximum absolute atomic E-state index is 11.7. The minimum Gasteiger partial charge on any atom is -0.455 e. The van der Waals surface area contributed by atoms with Gasteiger partial charge in [-0.3, -0.25) is 0 Å². The van der Waals surface area contributed by atoms with Crippen LogP contribution in [0.2, 0.25) is 0 Å². The van der Waals surface area contributed by atoms with E-state index in [1.807, 2.05) is 24.3 Å². The Balaban J connectivity index is 1.44. The second-order valence-electron chi connectivity index (χ2n) is 6.92. The fraction of sp³-hybridized carbons (Fsp3) is 0.500. The second-order valence-corrected chi connectivity index (χ2v) is 8.04. The smallest absolute Gasteiger partial charge is 0.340 e. The van der Waals surface area contributed by atoms with Crippen molar-refractivity contribution in [3.63, 3.8) is 0 Å². The molecule has 5 rings (SSSR count). The van der Waals surface area contributed by atoms with Gasteiger partial charge in [0.1, 0.15) is 12.4 Å². The zero-order chi connectivity index (χ0) is 16.3. The van der Waals surface area contributed by atoms with E-state index in [-0.39, 0.29) is 5.97 Å². The van der Waals surface area contributed by atoms with Gasteiger partial charge >= 0.3 is 5.97 Å². The number of anilines is 1. The Kier molecular flexibility index (Phi) is 3.16. The molecule has 0 saturated heterocycles. The van der Waals surface area contributed by atoms with Crippen molar-refractivity contribution >= 4 is 23.1 Å². The van der Waals surface area contributed by atoms with Gasteiger partial charge in [0, 0.05) is 23.8 Å². The minimum absolute atomic E-state index is 0.249. The molecule has 0 atom stereocenters. The Bertz CT molecular complexity index is 841. The lowest BCUT2D eigenvalue weighted by molar-refractivity contribution is 0.0533. The van der Waals surface area contributed by atoms with Crippen LogP contribution in [0.5, 0.6) is 0 Å². The Morgan fingerprint density at radius 2 is 2.17 bits per heavy atom. The van der Waals surface area contributed by atoms with Gasteiger partial charge in [-0.1, -0.05) is 6.42 Å². The lowest BCUT2D eigenvalue weighted by atomic mass is 9.86. The lowest BCUT2D eigenvalue weighted by Gasteiger charge is -2.28. The van der Waals surface area contributed by atoms with E-state index in [1.165, 1.54) is 34.8 Å². The molecule has 3 aliphatic rings. The number of aryl methyl sites for hydroxylation is 1. The van der Waals surface area contributed by atoms with Crippen LogP contribution < -0.4 is 4.90 Å². The van der Waals surface area contributed by atoms with Crippen molar-refractivity contribution in [2.45, 2.75) is 51.7 Å². The number of rotatable bonds is 2. The minimum atomic E-state index is -0.249. The van der Waals surface area contributed by atoms with Crippen molar-refractivity contribution < 1.29 is 9.53 Å². The first-order valence-electron chi connectivity index (χ1n) is 8.60. The van der Waals surface area contributed by atoms with E-state index in [2.05, 4.69) is 4.90 Å². The molecule has 2 aromatic heterocycles.